The Balaban J connectivity index is 1.66. The summed E-state index contributed by atoms with van der Waals surface area (Å²) in [6.45, 7) is 1.55. The van der Waals surface area contributed by atoms with E-state index in [-0.39, 0.29) is 5.78 Å². The van der Waals surface area contributed by atoms with Crippen LogP contribution in [-0.2, 0) is 0 Å². The topological polar surface area (TPSA) is 26.3 Å². The number of carbonyl (C=O) groups is 1. The predicted octanol–water partition coefficient (Wildman–Crippen LogP) is 5.83. The van der Waals surface area contributed by atoms with E-state index in [4.69, 9.17) is 4.74 Å². The standard InChI is InChI=1S/C20H16O2S/c1-15(21)16-7-9-17(10-8-16)22-18-11-13-20(14-12-18)23-19-5-3-2-4-6-19/h2-14H,1H3. The van der Waals surface area contributed by atoms with E-state index in [1.807, 2.05) is 54.6 Å². The number of ether oxygens (including phenoxy) is 1. The Morgan fingerprint density at radius 3 is 1.83 bits per heavy atom. The molecule has 0 N–H and O–H groups in total. The first kappa shape index (κ1) is 15.4. The summed E-state index contributed by atoms with van der Waals surface area (Å²) in [6, 6.07) is 25.4. The SMILES string of the molecule is CC(=O)c1ccc(Oc2ccc(Sc3ccccc3)cc2)cc1. The molecule has 0 amide bonds. The molecule has 23 heavy (non-hydrogen) atoms. The van der Waals surface area contributed by atoms with Crippen LogP contribution in [0.2, 0.25) is 0 Å². The molecular weight excluding hydrogens is 304 g/mol. The van der Waals surface area contributed by atoms with Gasteiger partial charge in [-0.1, -0.05) is 30.0 Å². The fourth-order valence-corrected chi connectivity index (χ4v) is 2.93. The van der Waals surface area contributed by atoms with Crippen molar-refractivity contribution in [3.05, 3.63) is 84.4 Å². The fraction of sp³-hybridized carbons (Fsp3) is 0.0500. The third kappa shape index (κ3) is 4.24. The molecule has 0 aliphatic rings. The van der Waals surface area contributed by atoms with Crippen molar-refractivity contribution < 1.29 is 9.53 Å². The van der Waals surface area contributed by atoms with Crippen LogP contribution in [0.15, 0.2) is 88.7 Å². The zero-order chi connectivity index (χ0) is 16.1. The van der Waals surface area contributed by atoms with Crippen LogP contribution in [0.4, 0.5) is 0 Å². The van der Waals surface area contributed by atoms with E-state index in [9.17, 15) is 4.79 Å². The van der Waals surface area contributed by atoms with Gasteiger partial charge in [-0.25, -0.2) is 0 Å². The summed E-state index contributed by atoms with van der Waals surface area (Å²) in [5.74, 6) is 1.55. The van der Waals surface area contributed by atoms with Gasteiger partial charge in [0.1, 0.15) is 11.5 Å². The zero-order valence-electron chi connectivity index (χ0n) is 12.7. The third-order valence-corrected chi connectivity index (χ3v) is 4.31. The number of rotatable bonds is 5. The van der Waals surface area contributed by atoms with Gasteiger partial charge in [0.25, 0.3) is 0 Å². The van der Waals surface area contributed by atoms with E-state index in [0.717, 1.165) is 16.4 Å². The predicted molar refractivity (Wildman–Crippen MR) is 93.5 cm³/mol. The summed E-state index contributed by atoms with van der Waals surface area (Å²) in [5.41, 5.74) is 0.687. The van der Waals surface area contributed by atoms with E-state index >= 15 is 0 Å². The minimum absolute atomic E-state index is 0.0545. The summed E-state index contributed by atoms with van der Waals surface area (Å²) in [6.07, 6.45) is 0. The number of hydrogen-bond donors (Lipinski definition) is 0. The summed E-state index contributed by atoms with van der Waals surface area (Å²) < 4.78 is 5.80. The van der Waals surface area contributed by atoms with Crippen molar-refractivity contribution in [2.24, 2.45) is 0 Å². The molecule has 0 aliphatic carbocycles. The van der Waals surface area contributed by atoms with Crippen LogP contribution in [0, 0.1) is 0 Å². The number of hydrogen-bond acceptors (Lipinski definition) is 3. The molecule has 0 atom stereocenters. The molecule has 0 saturated carbocycles. The second-order valence-electron chi connectivity index (χ2n) is 5.07. The average molecular weight is 320 g/mol. The highest BCUT2D eigenvalue weighted by Crippen LogP contribution is 2.30. The number of carbonyl (C=O) groups excluding carboxylic acids is 1. The molecule has 114 valence electrons. The minimum atomic E-state index is 0.0545. The van der Waals surface area contributed by atoms with Crippen LogP contribution in [0.25, 0.3) is 0 Å². The second-order valence-corrected chi connectivity index (χ2v) is 6.22. The maximum atomic E-state index is 11.3. The molecule has 0 fully saturated rings. The molecule has 3 aromatic carbocycles. The molecule has 3 rings (SSSR count). The number of benzene rings is 3. The van der Waals surface area contributed by atoms with Gasteiger partial charge in [0.05, 0.1) is 0 Å². The first-order valence-electron chi connectivity index (χ1n) is 7.32. The Labute approximate surface area is 140 Å². The van der Waals surface area contributed by atoms with Gasteiger partial charge in [0.15, 0.2) is 5.78 Å². The molecule has 0 spiro atoms. The van der Waals surface area contributed by atoms with Crippen molar-refractivity contribution in [1.29, 1.82) is 0 Å². The Morgan fingerprint density at radius 1 is 0.739 bits per heavy atom. The molecular formula is C20H16O2S. The first-order valence-corrected chi connectivity index (χ1v) is 8.14. The van der Waals surface area contributed by atoms with Crippen LogP contribution in [-0.4, -0.2) is 5.78 Å². The average Bonchev–Trinajstić information content (AvgIpc) is 2.58. The summed E-state index contributed by atoms with van der Waals surface area (Å²) in [7, 11) is 0. The Bertz CT molecular complexity index is 778. The van der Waals surface area contributed by atoms with Crippen LogP contribution in [0.1, 0.15) is 17.3 Å². The molecule has 0 heterocycles. The molecule has 3 heteroatoms. The molecule has 0 aliphatic heterocycles. The maximum Gasteiger partial charge on any atom is 0.159 e. The van der Waals surface area contributed by atoms with Gasteiger partial charge < -0.3 is 4.74 Å². The van der Waals surface area contributed by atoms with Crippen molar-refractivity contribution in [2.45, 2.75) is 16.7 Å². The Morgan fingerprint density at radius 2 is 1.26 bits per heavy atom. The number of ketones is 1. The van der Waals surface area contributed by atoms with Crippen LogP contribution in [0.5, 0.6) is 11.5 Å². The van der Waals surface area contributed by atoms with Gasteiger partial charge in [-0.3, -0.25) is 4.79 Å². The maximum absolute atomic E-state index is 11.3. The lowest BCUT2D eigenvalue weighted by atomic mass is 10.1. The van der Waals surface area contributed by atoms with Gasteiger partial charge in [-0.15, -0.1) is 0 Å². The van der Waals surface area contributed by atoms with Crippen molar-refractivity contribution >= 4 is 17.5 Å². The molecule has 0 unspecified atom stereocenters. The smallest absolute Gasteiger partial charge is 0.159 e. The highest BCUT2D eigenvalue weighted by atomic mass is 32.2. The van der Waals surface area contributed by atoms with E-state index in [2.05, 4.69) is 12.1 Å². The van der Waals surface area contributed by atoms with Gasteiger partial charge in [0.2, 0.25) is 0 Å². The summed E-state index contributed by atoms with van der Waals surface area (Å²) in [4.78, 5) is 13.6. The largest absolute Gasteiger partial charge is 0.457 e. The van der Waals surface area contributed by atoms with Crippen LogP contribution in [0.3, 0.4) is 0 Å². The molecule has 0 saturated heterocycles. The van der Waals surface area contributed by atoms with Gasteiger partial charge >= 0.3 is 0 Å². The lowest BCUT2D eigenvalue weighted by molar-refractivity contribution is 0.101. The van der Waals surface area contributed by atoms with E-state index in [1.54, 1.807) is 30.8 Å². The van der Waals surface area contributed by atoms with E-state index in [1.165, 1.54) is 4.90 Å². The molecule has 2 nitrogen and oxygen atoms in total. The highest BCUT2D eigenvalue weighted by Gasteiger charge is 2.02. The minimum Gasteiger partial charge on any atom is -0.457 e. The Hall–Kier alpha value is -2.52. The second kappa shape index (κ2) is 7.16. The molecule has 0 bridgehead atoms. The van der Waals surface area contributed by atoms with Crippen molar-refractivity contribution in [3.8, 4) is 11.5 Å². The normalized spacial score (nSPS) is 10.3. The van der Waals surface area contributed by atoms with Gasteiger partial charge in [-0.05, 0) is 67.6 Å². The molecule has 3 aromatic rings. The van der Waals surface area contributed by atoms with Crippen molar-refractivity contribution in [3.63, 3.8) is 0 Å². The van der Waals surface area contributed by atoms with Gasteiger partial charge in [0, 0.05) is 15.4 Å². The summed E-state index contributed by atoms with van der Waals surface area (Å²) in [5, 5.41) is 0. The first-order chi connectivity index (χ1) is 11.2. The van der Waals surface area contributed by atoms with Crippen molar-refractivity contribution in [2.75, 3.05) is 0 Å². The number of Topliss-reactive ketones (excluding diaryl/α,β-unsaturated/α-hetero) is 1. The van der Waals surface area contributed by atoms with Crippen LogP contribution >= 0.6 is 11.8 Å². The molecule has 0 aromatic heterocycles. The quantitative estimate of drug-likeness (QED) is 0.553. The monoisotopic (exact) mass is 320 g/mol. The van der Waals surface area contributed by atoms with E-state index < -0.39 is 0 Å². The zero-order valence-corrected chi connectivity index (χ0v) is 13.5. The van der Waals surface area contributed by atoms with Gasteiger partial charge in [-0.2, -0.15) is 0 Å². The molecule has 0 radical (unpaired) electrons. The fourth-order valence-electron chi connectivity index (χ4n) is 2.09. The Kier molecular flexibility index (Phi) is 4.79. The highest BCUT2D eigenvalue weighted by molar-refractivity contribution is 7.99. The lowest BCUT2D eigenvalue weighted by Gasteiger charge is -2.07. The van der Waals surface area contributed by atoms with Crippen LogP contribution < -0.4 is 4.74 Å². The van der Waals surface area contributed by atoms with Crippen molar-refractivity contribution in [1.82, 2.24) is 0 Å². The van der Waals surface area contributed by atoms with E-state index in [0.29, 0.717) is 5.56 Å². The lowest BCUT2D eigenvalue weighted by Crippen LogP contribution is -1.91. The summed E-state index contributed by atoms with van der Waals surface area (Å²) >= 11 is 1.71. The third-order valence-electron chi connectivity index (χ3n) is 3.30.